The monoisotopic (exact) mass is 382 g/mol. The van der Waals surface area contributed by atoms with E-state index in [0.717, 1.165) is 17.0 Å². The highest BCUT2D eigenvalue weighted by molar-refractivity contribution is 8.00. The number of rotatable bonds is 8. The Bertz CT molecular complexity index is 882. The van der Waals surface area contributed by atoms with Gasteiger partial charge in [0.25, 0.3) is 0 Å². The lowest BCUT2D eigenvalue weighted by Gasteiger charge is -2.16. The summed E-state index contributed by atoms with van der Waals surface area (Å²) in [5.41, 5.74) is 1.91. The van der Waals surface area contributed by atoms with E-state index in [2.05, 4.69) is 15.5 Å². The SMILES string of the molecule is CCC(Sc1nncn1-c1ccccc1OC)C(=O)NCc1ccccc1. The van der Waals surface area contributed by atoms with Crippen molar-refractivity contribution in [1.82, 2.24) is 20.1 Å². The molecule has 3 aromatic rings. The highest BCUT2D eigenvalue weighted by Crippen LogP contribution is 2.29. The van der Waals surface area contributed by atoms with Crippen molar-refractivity contribution in [3.63, 3.8) is 0 Å². The Labute approximate surface area is 163 Å². The first kappa shape index (κ1) is 19.0. The van der Waals surface area contributed by atoms with Gasteiger partial charge in [0.15, 0.2) is 5.16 Å². The maximum Gasteiger partial charge on any atom is 0.233 e. The highest BCUT2D eigenvalue weighted by Gasteiger charge is 2.21. The number of carbonyl (C=O) groups excluding carboxylic acids is 1. The third-order valence-electron chi connectivity index (χ3n) is 4.08. The molecule has 0 saturated carbocycles. The highest BCUT2D eigenvalue weighted by atomic mass is 32.2. The first-order valence-electron chi connectivity index (χ1n) is 8.74. The summed E-state index contributed by atoms with van der Waals surface area (Å²) in [5.74, 6) is 0.710. The van der Waals surface area contributed by atoms with E-state index in [1.807, 2.05) is 66.1 Å². The van der Waals surface area contributed by atoms with Crippen molar-refractivity contribution >= 4 is 17.7 Å². The number of benzene rings is 2. The van der Waals surface area contributed by atoms with Gasteiger partial charge >= 0.3 is 0 Å². The van der Waals surface area contributed by atoms with Crippen molar-refractivity contribution in [2.24, 2.45) is 0 Å². The molecule has 0 bridgehead atoms. The molecule has 0 aliphatic carbocycles. The van der Waals surface area contributed by atoms with Gasteiger partial charge in [-0.1, -0.05) is 61.2 Å². The van der Waals surface area contributed by atoms with Crippen LogP contribution in [0, 0.1) is 0 Å². The third-order valence-corrected chi connectivity index (χ3v) is 5.40. The smallest absolute Gasteiger partial charge is 0.233 e. The zero-order valence-electron chi connectivity index (χ0n) is 15.3. The number of hydrogen-bond acceptors (Lipinski definition) is 5. The predicted molar refractivity (Wildman–Crippen MR) is 106 cm³/mol. The number of nitrogens with one attached hydrogen (secondary N) is 1. The lowest BCUT2D eigenvalue weighted by atomic mass is 10.2. The topological polar surface area (TPSA) is 69.0 Å². The third kappa shape index (κ3) is 4.68. The normalized spacial score (nSPS) is 11.8. The molecule has 140 valence electrons. The first-order chi connectivity index (χ1) is 13.2. The standard InChI is InChI=1S/C20H22N4O2S/c1-3-18(19(25)21-13-15-9-5-4-6-10-15)27-20-23-22-14-24(20)16-11-7-8-12-17(16)26-2/h4-12,14,18H,3,13H2,1-2H3,(H,21,25). The molecule has 2 aromatic carbocycles. The number of para-hydroxylation sites is 2. The van der Waals surface area contributed by atoms with E-state index in [-0.39, 0.29) is 11.2 Å². The van der Waals surface area contributed by atoms with Crippen molar-refractivity contribution in [3.05, 3.63) is 66.5 Å². The molecule has 0 radical (unpaired) electrons. The Kier molecular flexibility index (Phi) is 6.49. The molecule has 0 spiro atoms. The van der Waals surface area contributed by atoms with Crippen LogP contribution in [-0.2, 0) is 11.3 Å². The number of nitrogens with zero attached hydrogens (tertiary/aromatic N) is 3. The summed E-state index contributed by atoms with van der Waals surface area (Å²) >= 11 is 1.40. The van der Waals surface area contributed by atoms with Crippen LogP contribution in [0.3, 0.4) is 0 Å². The van der Waals surface area contributed by atoms with Crippen LogP contribution in [0.15, 0.2) is 66.1 Å². The average molecular weight is 382 g/mol. The molecule has 1 N–H and O–H groups in total. The summed E-state index contributed by atoms with van der Waals surface area (Å²) in [4.78, 5) is 12.6. The molecule has 0 saturated heterocycles. The maximum atomic E-state index is 12.6. The first-order valence-corrected chi connectivity index (χ1v) is 9.62. The number of aromatic nitrogens is 3. The van der Waals surface area contributed by atoms with E-state index in [1.165, 1.54) is 11.8 Å². The summed E-state index contributed by atoms with van der Waals surface area (Å²) < 4.78 is 7.27. The molecule has 27 heavy (non-hydrogen) atoms. The van der Waals surface area contributed by atoms with E-state index >= 15 is 0 Å². The number of thioether (sulfide) groups is 1. The van der Waals surface area contributed by atoms with Crippen LogP contribution in [0.1, 0.15) is 18.9 Å². The zero-order chi connectivity index (χ0) is 19.1. The minimum atomic E-state index is -0.258. The summed E-state index contributed by atoms with van der Waals surface area (Å²) in [7, 11) is 1.63. The molecule has 1 atom stereocenters. The molecular formula is C20H22N4O2S. The predicted octanol–water partition coefficient (Wildman–Crippen LogP) is 3.46. The summed E-state index contributed by atoms with van der Waals surface area (Å²) in [6.45, 7) is 2.50. The van der Waals surface area contributed by atoms with E-state index < -0.39 is 0 Å². The van der Waals surface area contributed by atoms with Crippen LogP contribution < -0.4 is 10.1 Å². The molecule has 1 aromatic heterocycles. The molecular weight excluding hydrogens is 360 g/mol. The van der Waals surface area contributed by atoms with E-state index in [0.29, 0.717) is 18.1 Å². The Hall–Kier alpha value is -2.80. The second-order valence-corrected chi connectivity index (χ2v) is 7.04. The van der Waals surface area contributed by atoms with Gasteiger partial charge in [-0.15, -0.1) is 10.2 Å². The summed E-state index contributed by atoms with van der Waals surface area (Å²) in [5, 5.41) is 11.6. The molecule has 1 heterocycles. The van der Waals surface area contributed by atoms with Gasteiger partial charge in [0.1, 0.15) is 12.1 Å². The van der Waals surface area contributed by atoms with Crippen molar-refractivity contribution < 1.29 is 9.53 Å². The van der Waals surface area contributed by atoms with Crippen molar-refractivity contribution in [2.75, 3.05) is 7.11 Å². The zero-order valence-corrected chi connectivity index (χ0v) is 16.1. The average Bonchev–Trinajstić information content (AvgIpc) is 3.19. The van der Waals surface area contributed by atoms with Crippen LogP contribution in [0.25, 0.3) is 5.69 Å². The fourth-order valence-corrected chi connectivity index (χ4v) is 3.61. The van der Waals surface area contributed by atoms with Crippen molar-refractivity contribution in [1.29, 1.82) is 0 Å². The Morgan fingerprint density at radius 1 is 1.19 bits per heavy atom. The molecule has 0 fully saturated rings. The lowest BCUT2D eigenvalue weighted by Crippen LogP contribution is -2.32. The van der Waals surface area contributed by atoms with E-state index in [9.17, 15) is 4.79 Å². The maximum absolute atomic E-state index is 12.6. The van der Waals surface area contributed by atoms with Crippen LogP contribution in [0.4, 0.5) is 0 Å². The molecule has 1 unspecified atom stereocenters. The lowest BCUT2D eigenvalue weighted by molar-refractivity contribution is -0.120. The number of hydrogen-bond donors (Lipinski definition) is 1. The number of methoxy groups -OCH3 is 1. The Morgan fingerprint density at radius 3 is 2.67 bits per heavy atom. The van der Waals surface area contributed by atoms with Gasteiger partial charge in [-0.05, 0) is 24.1 Å². The fourth-order valence-electron chi connectivity index (χ4n) is 2.65. The molecule has 6 nitrogen and oxygen atoms in total. The fraction of sp³-hybridized carbons (Fsp3) is 0.250. The van der Waals surface area contributed by atoms with E-state index in [1.54, 1.807) is 13.4 Å². The van der Waals surface area contributed by atoms with Gasteiger partial charge in [-0.25, -0.2) is 0 Å². The number of amides is 1. The number of carbonyl (C=O) groups is 1. The Balaban J connectivity index is 1.72. The van der Waals surface area contributed by atoms with Crippen molar-refractivity contribution in [3.8, 4) is 11.4 Å². The van der Waals surface area contributed by atoms with Gasteiger partial charge in [0.05, 0.1) is 18.0 Å². The summed E-state index contributed by atoms with van der Waals surface area (Å²) in [6.07, 6.45) is 2.32. The summed E-state index contributed by atoms with van der Waals surface area (Å²) in [6, 6.07) is 17.5. The minimum Gasteiger partial charge on any atom is -0.495 e. The second-order valence-electron chi connectivity index (χ2n) is 5.87. The van der Waals surface area contributed by atoms with Gasteiger partial charge in [-0.2, -0.15) is 0 Å². The van der Waals surface area contributed by atoms with Gasteiger partial charge in [-0.3, -0.25) is 9.36 Å². The minimum absolute atomic E-state index is 0.0130. The van der Waals surface area contributed by atoms with Gasteiger partial charge in [0, 0.05) is 6.54 Å². The quantitative estimate of drug-likeness (QED) is 0.604. The Morgan fingerprint density at radius 2 is 1.93 bits per heavy atom. The van der Waals surface area contributed by atoms with Crippen LogP contribution in [-0.4, -0.2) is 33.0 Å². The van der Waals surface area contributed by atoms with Crippen LogP contribution in [0.5, 0.6) is 5.75 Å². The molecule has 1 amide bonds. The largest absolute Gasteiger partial charge is 0.495 e. The van der Waals surface area contributed by atoms with Crippen LogP contribution >= 0.6 is 11.8 Å². The second kappa shape index (κ2) is 9.23. The molecule has 3 rings (SSSR count). The van der Waals surface area contributed by atoms with Gasteiger partial charge in [0.2, 0.25) is 5.91 Å². The number of ether oxygens (including phenoxy) is 1. The molecule has 0 aliphatic heterocycles. The molecule has 0 aliphatic rings. The van der Waals surface area contributed by atoms with Crippen LogP contribution in [0.2, 0.25) is 0 Å². The van der Waals surface area contributed by atoms with E-state index in [4.69, 9.17) is 4.74 Å². The van der Waals surface area contributed by atoms with Gasteiger partial charge < -0.3 is 10.1 Å². The molecule has 7 heteroatoms. The van der Waals surface area contributed by atoms with Crippen molar-refractivity contribution in [2.45, 2.75) is 30.3 Å².